The molecule has 4 rings (SSSR count). The lowest BCUT2D eigenvalue weighted by Gasteiger charge is -2.37. The van der Waals surface area contributed by atoms with Crippen molar-refractivity contribution in [1.82, 2.24) is 15.1 Å². The second-order valence-corrected chi connectivity index (χ2v) is 7.90. The number of hydrogen-bond acceptors (Lipinski definition) is 4. The molecule has 3 heterocycles. The van der Waals surface area contributed by atoms with Gasteiger partial charge in [-0.2, -0.15) is 0 Å². The van der Waals surface area contributed by atoms with Gasteiger partial charge in [-0.3, -0.25) is 9.59 Å². The molecule has 3 saturated heterocycles. The van der Waals surface area contributed by atoms with Gasteiger partial charge in [0.2, 0.25) is 5.91 Å². The summed E-state index contributed by atoms with van der Waals surface area (Å²) in [6.07, 6.45) is 5.03. The van der Waals surface area contributed by atoms with Gasteiger partial charge in [0.1, 0.15) is 5.75 Å². The smallest absolute Gasteiger partial charge is 0.260 e. The highest BCUT2D eigenvalue weighted by Crippen LogP contribution is 2.31. The Hall–Kier alpha value is -2.08. The van der Waals surface area contributed by atoms with Crippen LogP contribution in [0.25, 0.3) is 0 Å². The Bertz CT molecular complexity index is 652. The molecule has 3 aliphatic rings. The average molecular weight is 371 g/mol. The molecule has 0 aromatic heterocycles. The molecule has 6 heteroatoms. The molecule has 2 bridgehead atoms. The van der Waals surface area contributed by atoms with Gasteiger partial charge in [0.15, 0.2) is 6.61 Å². The Morgan fingerprint density at radius 1 is 1.07 bits per heavy atom. The summed E-state index contributed by atoms with van der Waals surface area (Å²) in [5, 5.41) is 3.45. The fourth-order valence-electron chi connectivity index (χ4n) is 4.71. The highest BCUT2D eigenvalue weighted by atomic mass is 16.5. The van der Waals surface area contributed by atoms with Crippen LogP contribution in [0.4, 0.5) is 0 Å². The first-order chi connectivity index (χ1) is 13.2. The zero-order valence-corrected chi connectivity index (χ0v) is 15.8. The molecule has 6 nitrogen and oxygen atoms in total. The van der Waals surface area contributed by atoms with Crippen LogP contribution in [0.3, 0.4) is 0 Å². The summed E-state index contributed by atoms with van der Waals surface area (Å²) in [6.45, 7) is 3.18. The third-order valence-corrected chi connectivity index (χ3v) is 6.14. The molecule has 0 spiro atoms. The molecule has 3 unspecified atom stereocenters. The van der Waals surface area contributed by atoms with Crippen LogP contribution in [-0.2, 0) is 9.59 Å². The zero-order valence-electron chi connectivity index (χ0n) is 15.8. The number of ether oxygens (including phenoxy) is 1. The van der Waals surface area contributed by atoms with Gasteiger partial charge < -0.3 is 19.9 Å². The number of carbonyl (C=O) groups is 2. The van der Waals surface area contributed by atoms with Crippen LogP contribution in [0, 0.1) is 5.92 Å². The molecule has 1 aromatic carbocycles. The first kappa shape index (κ1) is 18.3. The maximum atomic E-state index is 13.2. The van der Waals surface area contributed by atoms with E-state index >= 15 is 0 Å². The molecule has 3 atom stereocenters. The van der Waals surface area contributed by atoms with Crippen LogP contribution in [0.5, 0.6) is 5.75 Å². The van der Waals surface area contributed by atoms with Gasteiger partial charge in [0.05, 0.1) is 5.92 Å². The van der Waals surface area contributed by atoms with E-state index < -0.39 is 0 Å². The predicted molar refractivity (Wildman–Crippen MR) is 102 cm³/mol. The summed E-state index contributed by atoms with van der Waals surface area (Å²) >= 11 is 0. The second kappa shape index (κ2) is 8.30. The van der Waals surface area contributed by atoms with Crippen molar-refractivity contribution < 1.29 is 14.3 Å². The van der Waals surface area contributed by atoms with Crippen LogP contribution in [0.1, 0.15) is 32.1 Å². The number of fused-ring (bicyclic) bond motifs is 2. The lowest BCUT2D eigenvalue weighted by molar-refractivity contribution is -0.143. The summed E-state index contributed by atoms with van der Waals surface area (Å²) in [5.74, 6) is 0.856. The number of hydrogen-bond donors (Lipinski definition) is 1. The fourth-order valence-corrected chi connectivity index (χ4v) is 4.71. The van der Waals surface area contributed by atoms with Crippen LogP contribution < -0.4 is 10.1 Å². The quantitative estimate of drug-likeness (QED) is 0.874. The van der Waals surface area contributed by atoms with E-state index in [9.17, 15) is 9.59 Å². The summed E-state index contributed by atoms with van der Waals surface area (Å²) in [7, 11) is 0. The molecular formula is C21H29N3O3. The number of likely N-dealkylation sites (tertiary alicyclic amines) is 1. The van der Waals surface area contributed by atoms with Crippen LogP contribution in [-0.4, -0.2) is 66.5 Å². The third-order valence-electron chi connectivity index (χ3n) is 6.14. The van der Waals surface area contributed by atoms with Crippen molar-refractivity contribution in [1.29, 1.82) is 0 Å². The van der Waals surface area contributed by atoms with Crippen molar-refractivity contribution in [2.24, 2.45) is 5.92 Å². The summed E-state index contributed by atoms with van der Waals surface area (Å²) < 4.78 is 5.60. The number of para-hydroxylation sites is 1. The largest absolute Gasteiger partial charge is 0.484 e. The number of benzene rings is 1. The minimum absolute atomic E-state index is 0.0307. The number of rotatable bonds is 4. The number of piperidine rings is 1. The van der Waals surface area contributed by atoms with E-state index in [1.807, 2.05) is 35.2 Å². The van der Waals surface area contributed by atoms with Gasteiger partial charge in [-0.1, -0.05) is 18.2 Å². The molecule has 3 fully saturated rings. The molecule has 2 amide bonds. The van der Waals surface area contributed by atoms with E-state index in [2.05, 4.69) is 10.2 Å². The van der Waals surface area contributed by atoms with Gasteiger partial charge in [0, 0.05) is 31.7 Å². The third kappa shape index (κ3) is 4.10. The SMILES string of the molecule is O=C(COc1ccccc1)N1CCCC(C(=O)N2C3CCNCC2CC3)C1. The summed E-state index contributed by atoms with van der Waals surface area (Å²) in [6, 6.07) is 10.1. The molecule has 3 aliphatic heterocycles. The molecule has 0 aliphatic carbocycles. The lowest BCUT2D eigenvalue weighted by Crippen LogP contribution is -2.51. The first-order valence-corrected chi connectivity index (χ1v) is 10.2. The maximum Gasteiger partial charge on any atom is 0.260 e. The van der Waals surface area contributed by atoms with E-state index in [1.165, 1.54) is 0 Å². The minimum Gasteiger partial charge on any atom is -0.484 e. The molecule has 0 radical (unpaired) electrons. The lowest BCUT2D eigenvalue weighted by atomic mass is 9.95. The fraction of sp³-hybridized carbons (Fsp3) is 0.619. The molecule has 146 valence electrons. The van der Waals surface area contributed by atoms with Crippen LogP contribution in [0.15, 0.2) is 30.3 Å². The first-order valence-electron chi connectivity index (χ1n) is 10.2. The monoisotopic (exact) mass is 371 g/mol. The Balaban J connectivity index is 1.34. The Morgan fingerprint density at radius 2 is 1.89 bits per heavy atom. The zero-order chi connectivity index (χ0) is 18.6. The predicted octanol–water partition coefficient (Wildman–Crippen LogP) is 1.66. The van der Waals surface area contributed by atoms with Crippen molar-refractivity contribution in [3.63, 3.8) is 0 Å². The number of nitrogens with one attached hydrogen (secondary N) is 1. The van der Waals surface area contributed by atoms with Crippen molar-refractivity contribution in [3.8, 4) is 5.75 Å². The van der Waals surface area contributed by atoms with Gasteiger partial charge in [-0.25, -0.2) is 0 Å². The standard InChI is InChI=1S/C21H29N3O3/c25-20(15-27-19-6-2-1-3-7-19)23-12-4-5-16(14-23)21(26)24-17-8-9-18(24)13-22-11-10-17/h1-3,6-7,16-18,22H,4-5,8-15H2. The van der Waals surface area contributed by atoms with E-state index in [4.69, 9.17) is 4.74 Å². The summed E-state index contributed by atoms with van der Waals surface area (Å²) in [4.78, 5) is 29.8. The van der Waals surface area contributed by atoms with E-state index in [0.717, 1.165) is 51.7 Å². The van der Waals surface area contributed by atoms with E-state index in [0.29, 0.717) is 24.4 Å². The van der Waals surface area contributed by atoms with Crippen molar-refractivity contribution >= 4 is 11.8 Å². The molecule has 0 saturated carbocycles. The van der Waals surface area contributed by atoms with Crippen LogP contribution >= 0.6 is 0 Å². The molecule has 1 N–H and O–H groups in total. The molecule has 1 aromatic rings. The highest BCUT2D eigenvalue weighted by Gasteiger charge is 2.41. The van der Waals surface area contributed by atoms with E-state index in [1.54, 1.807) is 0 Å². The minimum atomic E-state index is -0.0689. The van der Waals surface area contributed by atoms with Crippen molar-refractivity contribution in [3.05, 3.63) is 30.3 Å². The van der Waals surface area contributed by atoms with Gasteiger partial charge >= 0.3 is 0 Å². The number of nitrogens with zero attached hydrogens (tertiary/aromatic N) is 2. The second-order valence-electron chi connectivity index (χ2n) is 7.90. The van der Waals surface area contributed by atoms with Crippen LogP contribution in [0.2, 0.25) is 0 Å². The number of amides is 2. The Morgan fingerprint density at radius 3 is 2.74 bits per heavy atom. The number of carbonyl (C=O) groups excluding carboxylic acids is 2. The summed E-state index contributed by atoms with van der Waals surface area (Å²) in [5.41, 5.74) is 0. The van der Waals surface area contributed by atoms with Gasteiger partial charge in [-0.15, -0.1) is 0 Å². The normalized spacial score (nSPS) is 27.9. The molecular weight excluding hydrogens is 342 g/mol. The van der Waals surface area contributed by atoms with Crippen molar-refractivity contribution in [2.75, 3.05) is 32.8 Å². The Labute approximate surface area is 160 Å². The van der Waals surface area contributed by atoms with E-state index in [-0.39, 0.29) is 24.3 Å². The Kier molecular flexibility index (Phi) is 5.62. The molecule has 27 heavy (non-hydrogen) atoms. The maximum absolute atomic E-state index is 13.2. The highest BCUT2D eigenvalue weighted by molar-refractivity contribution is 5.82. The average Bonchev–Trinajstić information content (AvgIpc) is 2.99. The topological polar surface area (TPSA) is 61.9 Å². The van der Waals surface area contributed by atoms with Crippen molar-refractivity contribution in [2.45, 2.75) is 44.2 Å². The van der Waals surface area contributed by atoms with Gasteiger partial charge in [0.25, 0.3) is 5.91 Å². The van der Waals surface area contributed by atoms with Gasteiger partial charge in [-0.05, 0) is 50.8 Å².